The van der Waals surface area contributed by atoms with Gasteiger partial charge in [0.15, 0.2) is 11.4 Å². The Morgan fingerprint density at radius 3 is 2.00 bits per heavy atom. The molecule has 1 heterocycles. The number of aromatic carboxylic acids is 1. The highest BCUT2D eigenvalue weighted by atomic mass is 35.5. The molecule has 0 aliphatic carbocycles. The lowest BCUT2D eigenvalue weighted by Gasteiger charge is -2.29. The van der Waals surface area contributed by atoms with Gasteiger partial charge in [0.2, 0.25) is 5.82 Å². The first-order valence-electron chi connectivity index (χ1n) is 10.6. The standard InChI is InChI=1S/C23H26Cl2FN3O7/c1-11(16-12(24)8-9-13(26)17(16)25)34-15-10-14(19(30)31)27-28-18(15)29(20(32)35-22(2,3)4)21(33)36-23(5,6)7/h8-11H,1-7H3,(H,30,31). The second kappa shape index (κ2) is 10.8. The number of halogens is 3. The lowest BCUT2D eigenvalue weighted by molar-refractivity contribution is 0.0425. The number of aromatic nitrogens is 2. The summed E-state index contributed by atoms with van der Waals surface area (Å²) in [6, 6.07) is 3.26. The van der Waals surface area contributed by atoms with Gasteiger partial charge in [-0.25, -0.2) is 18.8 Å². The van der Waals surface area contributed by atoms with Crippen molar-refractivity contribution in [1.29, 1.82) is 0 Å². The summed E-state index contributed by atoms with van der Waals surface area (Å²) in [7, 11) is 0. The van der Waals surface area contributed by atoms with Gasteiger partial charge >= 0.3 is 18.2 Å². The smallest absolute Gasteiger partial charge is 0.425 e. The first-order chi connectivity index (χ1) is 16.4. The maximum absolute atomic E-state index is 14.1. The van der Waals surface area contributed by atoms with Crippen LogP contribution in [-0.2, 0) is 9.47 Å². The molecule has 1 N–H and O–H groups in total. The summed E-state index contributed by atoms with van der Waals surface area (Å²) in [5.41, 5.74) is -2.57. The van der Waals surface area contributed by atoms with E-state index in [0.717, 1.165) is 12.1 Å². The number of carboxylic acid groups (broad SMARTS) is 1. The maximum Gasteiger partial charge on any atom is 0.425 e. The molecule has 1 aromatic heterocycles. The van der Waals surface area contributed by atoms with Gasteiger partial charge in [0.1, 0.15) is 23.1 Å². The van der Waals surface area contributed by atoms with Crippen molar-refractivity contribution >= 4 is 47.2 Å². The highest BCUT2D eigenvalue weighted by molar-refractivity contribution is 6.36. The first kappa shape index (κ1) is 29.1. The van der Waals surface area contributed by atoms with Crippen molar-refractivity contribution < 1.29 is 38.1 Å². The van der Waals surface area contributed by atoms with Crippen LogP contribution < -0.4 is 9.64 Å². The zero-order valence-corrected chi connectivity index (χ0v) is 22.2. The van der Waals surface area contributed by atoms with Gasteiger partial charge < -0.3 is 19.3 Å². The number of hydrogen-bond acceptors (Lipinski definition) is 8. The van der Waals surface area contributed by atoms with Crippen LogP contribution in [0, 0.1) is 5.82 Å². The molecule has 10 nitrogen and oxygen atoms in total. The Morgan fingerprint density at radius 2 is 1.53 bits per heavy atom. The van der Waals surface area contributed by atoms with Gasteiger partial charge in [0.05, 0.1) is 5.02 Å². The Bertz CT molecular complexity index is 1150. The molecule has 36 heavy (non-hydrogen) atoms. The number of amides is 2. The van der Waals surface area contributed by atoms with Gasteiger partial charge in [-0.3, -0.25) is 0 Å². The number of rotatable bonds is 5. The van der Waals surface area contributed by atoms with Gasteiger partial charge in [-0.2, -0.15) is 4.90 Å². The SMILES string of the molecule is CC(Oc1cc(C(=O)O)nnc1N(C(=O)OC(C)(C)C)C(=O)OC(C)(C)C)c1c(Cl)ccc(F)c1Cl. The molecule has 0 spiro atoms. The summed E-state index contributed by atoms with van der Waals surface area (Å²) in [6.07, 6.45) is -3.47. The Balaban J connectivity index is 2.67. The Labute approximate surface area is 217 Å². The number of carbonyl (C=O) groups is 3. The molecule has 13 heteroatoms. The predicted molar refractivity (Wildman–Crippen MR) is 129 cm³/mol. The van der Waals surface area contributed by atoms with Crippen molar-refractivity contribution in [3.63, 3.8) is 0 Å². The maximum atomic E-state index is 14.1. The molecule has 196 valence electrons. The van der Waals surface area contributed by atoms with E-state index in [1.807, 2.05) is 0 Å². The molecule has 1 unspecified atom stereocenters. The molecule has 2 aromatic rings. The molecule has 0 fully saturated rings. The van der Waals surface area contributed by atoms with Gasteiger partial charge in [0.25, 0.3) is 0 Å². The van der Waals surface area contributed by atoms with Crippen LogP contribution in [0.15, 0.2) is 18.2 Å². The average Bonchev–Trinajstić information content (AvgIpc) is 2.69. The predicted octanol–water partition coefficient (Wildman–Crippen LogP) is 6.44. The third-order valence-electron chi connectivity index (χ3n) is 4.11. The second-order valence-electron chi connectivity index (χ2n) is 9.54. The Morgan fingerprint density at radius 1 is 1.00 bits per heavy atom. The summed E-state index contributed by atoms with van der Waals surface area (Å²) in [6.45, 7) is 10.9. The van der Waals surface area contributed by atoms with Gasteiger partial charge in [-0.15, -0.1) is 10.2 Å². The normalized spacial score (nSPS) is 12.5. The van der Waals surface area contributed by atoms with Crippen molar-refractivity contribution in [2.45, 2.75) is 65.8 Å². The first-order valence-corrected chi connectivity index (χ1v) is 11.3. The Hall–Kier alpha value is -3.18. The van der Waals surface area contributed by atoms with E-state index in [1.54, 1.807) is 41.5 Å². The molecule has 0 bridgehead atoms. The van der Waals surface area contributed by atoms with Crippen molar-refractivity contribution in [3.8, 4) is 5.75 Å². The highest BCUT2D eigenvalue weighted by Crippen LogP contribution is 2.38. The van der Waals surface area contributed by atoms with Crippen LogP contribution in [0.2, 0.25) is 10.0 Å². The fourth-order valence-corrected chi connectivity index (χ4v) is 3.42. The zero-order valence-electron chi connectivity index (χ0n) is 20.7. The quantitative estimate of drug-likeness (QED) is 0.422. The molecule has 0 radical (unpaired) electrons. The highest BCUT2D eigenvalue weighted by Gasteiger charge is 2.37. The molecule has 2 amide bonds. The average molecular weight is 546 g/mol. The van der Waals surface area contributed by atoms with Gasteiger partial charge in [0, 0.05) is 16.7 Å². The summed E-state index contributed by atoms with van der Waals surface area (Å²) in [4.78, 5) is 38.0. The zero-order chi connectivity index (χ0) is 27.6. The van der Waals surface area contributed by atoms with Gasteiger partial charge in [-0.1, -0.05) is 23.2 Å². The van der Waals surface area contributed by atoms with E-state index in [0.29, 0.717) is 4.90 Å². The van der Waals surface area contributed by atoms with E-state index < -0.39 is 52.8 Å². The molecule has 0 saturated heterocycles. The lowest BCUT2D eigenvalue weighted by Crippen LogP contribution is -2.44. The number of carbonyl (C=O) groups excluding carboxylic acids is 2. The van der Waals surface area contributed by atoms with E-state index in [4.69, 9.17) is 37.4 Å². The molecule has 0 aliphatic rings. The van der Waals surface area contributed by atoms with Crippen LogP contribution in [0.5, 0.6) is 5.75 Å². The van der Waals surface area contributed by atoms with Crippen LogP contribution in [0.4, 0.5) is 19.8 Å². The summed E-state index contributed by atoms with van der Waals surface area (Å²) < 4.78 is 30.5. The van der Waals surface area contributed by atoms with Crippen LogP contribution in [0.1, 0.15) is 70.6 Å². The van der Waals surface area contributed by atoms with E-state index in [-0.39, 0.29) is 21.4 Å². The number of anilines is 1. The third kappa shape index (κ3) is 7.41. The number of benzene rings is 1. The van der Waals surface area contributed by atoms with Crippen molar-refractivity contribution in [3.05, 3.63) is 45.3 Å². The van der Waals surface area contributed by atoms with Crippen molar-refractivity contribution in [2.75, 3.05) is 4.90 Å². The lowest BCUT2D eigenvalue weighted by atomic mass is 10.1. The Kier molecular flexibility index (Phi) is 8.74. The largest absolute Gasteiger partial charge is 0.482 e. The fourth-order valence-electron chi connectivity index (χ4n) is 2.74. The van der Waals surface area contributed by atoms with E-state index >= 15 is 0 Å². The number of nitrogens with zero attached hydrogens (tertiary/aromatic N) is 3. The van der Waals surface area contributed by atoms with Crippen LogP contribution in [0.25, 0.3) is 0 Å². The number of ether oxygens (including phenoxy) is 3. The van der Waals surface area contributed by atoms with Crippen LogP contribution in [-0.4, -0.2) is 44.7 Å². The second-order valence-corrected chi connectivity index (χ2v) is 10.3. The van der Waals surface area contributed by atoms with E-state index in [2.05, 4.69) is 10.2 Å². The molecular weight excluding hydrogens is 520 g/mol. The monoisotopic (exact) mass is 545 g/mol. The minimum Gasteiger partial charge on any atom is -0.482 e. The summed E-state index contributed by atoms with van der Waals surface area (Å²) in [5.74, 6) is -3.15. The topological polar surface area (TPSA) is 128 Å². The molecule has 1 aromatic carbocycles. The minimum absolute atomic E-state index is 0.0408. The molecule has 2 rings (SSSR count). The third-order valence-corrected chi connectivity index (χ3v) is 4.83. The molecule has 0 aliphatic heterocycles. The van der Waals surface area contributed by atoms with E-state index in [1.165, 1.54) is 13.0 Å². The summed E-state index contributed by atoms with van der Waals surface area (Å²) in [5, 5.41) is 16.4. The van der Waals surface area contributed by atoms with Gasteiger partial charge in [-0.05, 0) is 60.6 Å². The summed E-state index contributed by atoms with van der Waals surface area (Å²) >= 11 is 12.3. The minimum atomic E-state index is -1.46. The molecular formula is C23H26Cl2FN3O7. The molecule has 0 saturated carbocycles. The molecule has 1 atom stereocenters. The number of imide groups is 1. The number of carboxylic acids is 1. The van der Waals surface area contributed by atoms with Crippen LogP contribution >= 0.6 is 23.2 Å². The van der Waals surface area contributed by atoms with E-state index in [9.17, 15) is 23.9 Å². The number of hydrogen-bond donors (Lipinski definition) is 1. The van der Waals surface area contributed by atoms with Crippen molar-refractivity contribution in [1.82, 2.24) is 10.2 Å². The fraction of sp³-hybridized carbons (Fsp3) is 0.435. The van der Waals surface area contributed by atoms with Crippen molar-refractivity contribution in [2.24, 2.45) is 0 Å². The van der Waals surface area contributed by atoms with Crippen LogP contribution in [0.3, 0.4) is 0 Å².